The molecule has 2 heterocycles. The Morgan fingerprint density at radius 3 is 2.32 bits per heavy atom. The molecule has 5 aromatic rings. The Morgan fingerprint density at radius 1 is 0.927 bits per heavy atom. The summed E-state index contributed by atoms with van der Waals surface area (Å²) in [5.74, 6) is -1.46. The van der Waals surface area contributed by atoms with Crippen molar-refractivity contribution in [3.05, 3.63) is 124 Å². The Morgan fingerprint density at radius 2 is 1.61 bits per heavy atom. The van der Waals surface area contributed by atoms with Gasteiger partial charge in [0, 0.05) is 17.2 Å². The number of nitrogens with one attached hydrogen (secondary N) is 2. The van der Waals surface area contributed by atoms with E-state index in [1.165, 1.54) is 4.90 Å². The van der Waals surface area contributed by atoms with Crippen LogP contribution < -0.4 is 10.3 Å². The lowest BCUT2D eigenvalue weighted by Crippen LogP contribution is -2.54. The van der Waals surface area contributed by atoms with Crippen molar-refractivity contribution in [3.8, 4) is 0 Å². The van der Waals surface area contributed by atoms with Crippen molar-refractivity contribution in [3.63, 3.8) is 0 Å². The molecule has 8 heteroatoms. The lowest BCUT2D eigenvalue weighted by molar-refractivity contribution is -0.122. The van der Waals surface area contributed by atoms with E-state index in [1.54, 1.807) is 12.1 Å². The first-order valence-electron chi connectivity index (χ1n) is 13.6. The van der Waals surface area contributed by atoms with Gasteiger partial charge in [-0.3, -0.25) is 9.59 Å². The zero-order chi connectivity index (χ0) is 27.9. The minimum Gasteiger partial charge on any atom is -0.323 e. The fraction of sp³-hybridized carbons (Fsp3) is 0.152. The summed E-state index contributed by atoms with van der Waals surface area (Å²) in [7, 11) is 0. The second-order valence-electron chi connectivity index (χ2n) is 10.9. The van der Waals surface area contributed by atoms with E-state index in [9.17, 15) is 9.59 Å². The molecule has 0 unspecified atom stereocenters. The van der Waals surface area contributed by atoms with Crippen LogP contribution in [-0.2, 0) is 15.0 Å². The predicted octanol–water partition coefficient (Wildman–Crippen LogP) is 6.17. The molecule has 0 spiro atoms. The van der Waals surface area contributed by atoms with E-state index in [1.807, 2.05) is 67.7 Å². The van der Waals surface area contributed by atoms with Gasteiger partial charge in [0.05, 0.1) is 34.0 Å². The van der Waals surface area contributed by atoms with Gasteiger partial charge < -0.3 is 4.98 Å². The third-order valence-electron chi connectivity index (χ3n) is 8.93. The summed E-state index contributed by atoms with van der Waals surface area (Å²) in [6, 6.07) is 29.3. The largest absolute Gasteiger partial charge is 0.323 e. The number of anilines is 2. The first-order valence-corrected chi connectivity index (χ1v) is 13.9. The van der Waals surface area contributed by atoms with Crippen molar-refractivity contribution in [1.29, 1.82) is 0 Å². The molecule has 7 nitrogen and oxygen atoms in total. The van der Waals surface area contributed by atoms with Crippen molar-refractivity contribution in [2.24, 2.45) is 16.9 Å². The molecule has 1 aliphatic heterocycles. The summed E-state index contributed by atoms with van der Waals surface area (Å²) in [4.78, 5) is 37.9. The van der Waals surface area contributed by atoms with E-state index in [2.05, 4.69) is 39.7 Å². The molecule has 3 aliphatic carbocycles. The molecule has 1 saturated heterocycles. The van der Waals surface area contributed by atoms with Crippen LogP contribution in [0.3, 0.4) is 0 Å². The van der Waals surface area contributed by atoms with Gasteiger partial charge in [0.2, 0.25) is 17.8 Å². The zero-order valence-electron chi connectivity index (χ0n) is 22.0. The first kappa shape index (κ1) is 24.1. The number of aromatic amines is 1. The highest BCUT2D eigenvalue weighted by molar-refractivity contribution is 6.32. The molecule has 0 saturated carbocycles. The Labute approximate surface area is 240 Å². The Balaban J connectivity index is 1.32. The number of imidazole rings is 1. The highest BCUT2D eigenvalue weighted by Crippen LogP contribution is 2.63. The summed E-state index contributed by atoms with van der Waals surface area (Å²) in [6.07, 6.45) is 1.81. The maximum Gasteiger partial charge on any atom is 0.239 e. The van der Waals surface area contributed by atoms with Crippen LogP contribution in [0.25, 0.3) is 11.0 Å². The van der Waals surface area contributed by atoms with Crippen LogP contribution in [0.15, 0.2) is 96.1 Å². The Kier molecular flexibility index (Phi) is 5.06. The number of nitrogens with zero attached hydrogens (tertiary/aromatic N) is 3. The monoisotopic (exact) mass is 557 g/mol. The third kappa shape index (κ3) is 3.21. The number of benzene rings is 4. The molecule has 4 aliphatic rings. The van der Waals surface area contributed by atoms with Crippen LogP contribution in [0.5, 0.6) is 0 Å². The molecule has 2 N–H and O–H groups in total. The van der Waals surface area contributed by atoms with Gasteiger partial charge >= 0.3 is 0 Å². The minimum absolute atomic E-state index is 0.211. The van der Waals surface area contributed by atoms with Crippen molar-refractivity contribution in [2.75, 3.05) is 10.3 Å². The number of hydrogen-bond acceptors (Lipinski definition) is 5. The normalized spacial score (nSPS) is 24.1. The number of carbonyl (C=O) groups excluding carboxylic acids is 2. The number of hydrazone groups is 1. The number of imide groups is 1. The van der Waals surface area contributed by atoms with E-state index in [0.717, 1.165) is 38.9 Å². The SMILES string of the molecule is Cc1ccc(N2C(=O)[C@@H]3C4c5ccccc5C(/C=N\Nc5nc6ccccc6[nH]5)(c5ccccc54)[C@@H]3C2=O)cc1Cl. The Bertz CT molecular complexity index is 1860. The molecular formula is C33H24ClN5O2. The van der Waals surface area contributed by atoms with Crippen molar-refractivity contribution in [1.82, 2.24) is 9.97 Å². The molecule has 4 aromatic carbocycles. The number of rotatable bonds is 4. The van der Waals surface area contributed by atoms with Crippen LogP contribution in [0.2, 0.25) is 5.02 Å². The van der Waals surface area contributed by atoms with Crippen LogP contribution in [0, 0.1) is 18.8 Å². The average molecular weight is 558 g/mol. The Hall–Kier alpha value is -4.75. The van der Waals surface area contributed by atoms with Gasteiger partial charge in [-0.2, -0.15) is 5.10 Å². The van der Waals surface area contributed by atoms with Crippen LogP contribution in [-0.4, -0.2) is 28.0 Å². The minimum atomic E-state index is -0.971. The van der Waals surface area contributed by atoms with Crippen molar-refractivity contribution in [2.45, 2.75) is 18.3 Å². The van der Waals surface area contributed by atoms with Gasteiger partial charge in [0.15, 0.2) is 0 Å². The van der Waals surface area contributed by atoms with Gasteiger partial charge in [0.25, 0.3) is 0 Å². The van der Waals surface area contributed by atoms with E-state index >= 15 is 0 Å². The topological polar surface area (TPSA) is 90.4 Å². The molecule has 200 valence electrons. The van der Waals surface area contributed by atoms with E-state index in [0.29, 0.717) is 16.7 Å². The number of hydrogen-bond donors (Lipinski definition) is 2. The van der Waals surface area contributed by atoms with Gasteiger partial charge in [-0.05, 0) is 59.0 Å². The number of para-hydroxylation sites is 2. The molecular weight excluding hydrogens is 534 g/mol. The predicted molar refractivity (Wildman–Crippen MR) is 159 cm³/mol. The van der Waals surface area contributed by atoms with Crippen LogP contribution in [0.1, 0.15) is 33.7 Å². The number of aromatic nitrogens is 2. The smallest absolute Gasteiger partial charge is 0.239 e. The lowest BCUT2D eigenvalue weighted by Gasteiger charge is -2.52. The van der Waals surface area contributed by atoms with E-state index < -0.39 is 17.3 Å². The number of halogens is 1. The second kappa shape index (κ2) is 8.62. The molecule has 2 bridgehead atoms. The number of aryl methyl sites for hydroxylation is 1. The quantitative estimate of drug-likeness (QED) is 0.157. The fourth-order valence-corrected chi connectivity index (χ4v) is 7.40. The molecule has 0 radical (unpaired) electrons. The molecule has 2 atom stereocenters. The fourth-order valence-electron chi connectivity index (χ4n) is 7.23. The number of amides is 2. The third-order valence-corrected chi connectivity index (χ3v) is 9.33. The van der Waals surface area contributed by atoms with E-state index in [-0.39, 0.29) is 17.7 Å². The highest BCUT2D eigenvalue weighted by Gasteiger charge is 2.68. The zero-order valence-corrected chi connectivity index (χ0v) is 22.8. The summed E-state index contributed by atoms with van der Waals surface area (Å²) < 4.78 is 0. The summed E-state index contributed by atoms with van der Waals surface area (Å²) in [5, 5.41) is 5.21. The van der Waals surface area contributed by atoms with E-state index in [4.69, 9.17) is 16.7 Å². The first-order chi connectivity index (χ1) is 20.0. The lowest BCUT2D eigenvalue weighted by atomic mass is 9.47. The van der Waals surface area contributed by atoms with Crippen molar-refractivity contribution >= 4 is 52.3 Å². The summed E-state index contributed by atoms with van der Waals surface area (Å²) >= 11 is 6.45. The van der Waals surface area contributed by atoms with Crippen LogP contribution in [0.4, 0.5) is 11.6 Å². The molecule has 1 aromatic heterocycles. The number of H-pyrrole nitrogens is 1. The molecule has 1 fully saturated rings. The van der Waals surface area contributed by atoms with Gasteiger partial charge in [0.1, 0.15) is 0 Å². The second-order valence-corrected chi connectivity index (χ2v) is 11.3. The molecule has 9 rings (SSSR count). The molecule has 2 amide bonds. The van der Waals surface area contributed by atoms with Gasteiger partial charge in [-0.1, -0.05) is 78.3 Å². The van der Waals surface area contributed by atoms with Crippen molar-refractivity contribution < 1.29 is 9.59 Å². The van der Waals surface area contributed by atoms with Gasteiger partial charge in [-0.15, -0.1) is 0 Å². The maximum absolute atomic E-state index is 14.5. The molecule has 41 heavy (non-hydrogen) atoms. The summed E-state index contributed by atoms with van der Waals surface area (Å²) in [5.41, 5.74) is 9.25. The highest BCUT2D eigenvalue weighted by atomic mass is 35.5. The standard InChI is InChI=1S/C33H24ClN5O2/c1-18-14-15-19(16-24(18)34)39-30(40)28-27-20-8-2-4-10-22(20)33(29(28)31(39)41,23-11-5-3-9-21(23)27)17-35-38-32-36-25-12-6-7-13-26(25)37-32/h2-17,27-29H,1H3,(H2,36,37,38)/b35-17-/t27?,28-,29+,33?/m1/s1. The average Bonchev–Trinajstić information content (AvgIpc) is 3.53. The number of carbonyl (C=O) groups is 2. The maximum atomic E-state index is 14.5. The van der Waals surface area contributed by atoms with Crippen LogP contribution >= 0.6 is 11.6 Å². The van der Waals surface area contributed by atoms with Gasteiger partial charge in [-0.25, -0.2) is 15.3 Å². The number of fused-ring (bicyclic) bond motifs is 1. The summed E-state index contributed by atoms with van der Waals surface area (Å²) in [6.45, 7) is 1.90.